The van der Waals surface area contributed by atoms with Crippen LogP contribution < -0.4 is 10.9 Å². The van der Waals surface area contributed by atoms with E-state index in [0.717, 1.165) is 18.5 Å². The van der Waals surface area contributed by atoms with Gasteiger partial charge in [0, 0.05) is 11.3 Å². The Morgan fingerprint density at radius 3 is 2.35 bits per heavy atom. The Hall–Kier alpha value is -1.77. The zero-order chi connectivity index (χ0) is 14.6. The monoisotopic (exact) mass is 272 g/mol. The molecule has 3 nitrogen and oxygen atoms in total. The van der Waals surface area contributed by atoms with Crippen LogP contribution in [0.2, 0.25) is 0 Å². The van der Waals surface area contributed by atoms with Crippen molar-refractivity contribution in [2.45, 2.75) is 51.9 Å². The lowest BCUT2D eigenvalue weighted by molar-refractivity contribution is 0.0938. The van der Waals surface area contributed by atoms with Gasteiger partial charge in [0.05, 0.1) is 0 Å². The summed E-state index contributed by atoms with van der Waals surface area (Å²) in [6, 6.07) is 7.81. The van der Waals surface area contributed by atoms with Crippen molar-refractivity contribution in [1.82, 2.24) is 10.9 Å². The molecule has 1 aliphatic rings. The van der Waals surface area contributed by atoms with Crippen LogP contribution >= 0.6 is 0 Å². The molecule has 3 heteroatoms. The molecule has 1 aliphatic carbocycles. The predicted molar refractivity (Wildman–Crippen MR) is 82.3 cm³/mol. The first-order chi connectivity index (χ1) is 9.47. The highest BCUT2D eigenvalue weighted by atomic mass is 16.2. The molecule has 0 saturated heterocycles. The number of rotatable bonds is 3. The Kier molecular flexibility index (Phi) is 4.48. The SMILES string of the molecule is CC(C)(C)c1ccc(C(=O)NNC2=CCCCC2)cc1. The van der Waals surface area contributed by atoms with Crippen LogP contribution in [0.25, 0.3) is 0 Å². The summed E-state index contributed by atoms with van der Waals surface area (Å²) in [5.74, 6) is -0.0862. The van der Waals surface area contributed by atoms with Crippen molar-refractivity contribution < 1.29 is 4.79 Å². The molecule has 1 amide bonds. The van der Waals surface area contributed by atoms with Crippen LogP contribution in [-0.2, 0) is 5.41 Å². The maximum atomic E-state index is 12.0. The molecule has 0 aliphatic heterocycles. The van der Waals surface area contributed by atoms with E-state index in [4.69, 9.17) is 0 Å². The zero-order valence-corrected chi connectivity index (χ0v) is 12.6. The summed E-state index contributed by atoms with van der Waals surface area (Å²) in [5.41, 5.74) is 8.94. The third-order valence-corrected chi connectivity index (χ3v) is 3.64. The molecule has 2 N–H and O–H groups in total. The van der Waals surface area contributed by atoms with Gasteiger partial charge in [0.25, 0.3) is 5.91 Å². The van der Waals surface area contributed by atoms with Crippen molar-refractivity contribution >= 4 is 5.91 Å². The Morgan fingerprint density at radius 1 is 1.10 bits per heavy atom. The molecule has 0 fully saturated rings. The molecule has 108 valence electrons. The van der Waals surface area contributed by atoms with Crippen LogP contribution in [0.15, 0.2) is 36.0 Å². The average Bonchev–Trinajstić information content (AvgIpc) is 2.45. The van der Waals surface area contributed by atoms with Gasteiger partial charge >= 0.3 is 0 Å². The number of hydrogen-bond acceptors (Lipinski definition) is 2. The Balaban J connectivity index is 1.94. The highest BCUT2D eigenvalue weighted by Crippen LogP contribution is 2.22. The van der Waals surface area contributed by atoms with Crippen molar-refractivity contribution in [3.8, 4) is 0 Å². The van der Waals surface area contributed by atoms with E-state index in [0.29, 0.717) is 5.56 Å². The van der Waals surface area contributed by atoms with Gasteiger partial charge in [-0.25, -0.2) is 0 Å². The van der Waals surface area contributed by atoms with E-state index in [1.165, 1.54) is 18.4 Å². The molecule has 0 atom stereocenters. The number of nitrogens with one attached hydrogen (secondary N) is 2. The number of carbonyl (C=O) groups excluding carboxylic acids is 1. The molecule has 1 aromatic carbocycles. The fourth-order valence-electron chi connectivity index (χ4n) is 2.28. The van der Waals surface area contributed by atoms with E-state index in [-0.39, 0.29) is 11.3 Å². The maximum Gasteiger partial charge on any atom is 0.269 e. The van der Waals surface area contributed by atoms with Crippen molar-refractivity contribution in [1.29, 1.82) is 0 Å². The molecule has 2 rings (SSSR count). The zero-order valence-electron chi connectivity index (χ0n) is 12.6. The van der Waals surface area contributed by atoms with Crippen molar-refractivity contribution in [3.63, 3.8) is 0 Å². The molecule has 0 unspecified atom stereocenters. The standard InChI is InChI=1S/C17H24N2O/c1-17(2,3)14-11-9-13(10-12-14)16(20)19-18-15-7-5-4-6-8-15/h7,9-12,18H,4-6,8H2,1-3H3,(H,19,20). The Morgan fingerprint density at radius 2 is 1.80 bits per heavy atom. The largest absolute Gasteiger partial charge is 0.303 e. The predicted octanol–water partition coefficient (Wildman–Crippen LogP) is 3.68. The summed E-state index contributed by atoms with van der Waals surface area (Å²) in [6.07, 6.45) is 6.70. The second-order valence-corrected chi connectivity index (χ2v) is 6.38. The van der Waals surface area contributed by atoms with Crippen molar-refractivity contribution in [2.24, 2.45) is 0 Å². The molecule has 0 radical (unpaired) electrons. The first-order valence-corrected chi connectivity index (χ1v) is 7.33. The highest BCUT2D eigenvalue weighted by molar-refractivity contribution is 5.93. The van der Waals surface area contributed by atoms with Crippen LogP contribution in [0.1, 0.15) is 62.4 Å². The van der Waals surface area contributed by atoms with Gasteiger partial charge in [-0.2, -0.15) is 0 Å². The van der Waals surface area contributed by atoms with Crippen LogP contribution in [0.3, 0.4) is 0 Å². The van der Waals surface area contributed by atoms with Gasteiger partial charge in [0.2, 0.25) is 0 Å². The van der Waals surface area contributed by atoms with E-state index in [1.54, 1.807) is 0 Å². The number of carbonyl (C=O) groups is 1. The van der Waals surface area contributed by atoms with Gasteiger partial charge in [0.15, 0.2) is 0 Å². The molecular formula is C17H24N2O. The molecule has 20 heavy (non-hydrogen) atoms. The molecule has 0 saturated carbocycles. The summed E-state index contributed by atoms with van der Waals surface area (Å²) in [7, 11) is 0. The summed E-state index contributed by atoms with van der Waals surface area (Å²) < 4.78 is 0. The number of hydrogen-bond donors (Lipinski definition) is 2. The summed E-state index contributed by atoms with van der Waals surface area (Å²) in [5, 5.41) is 0. The van der Waals surface area contributed by atoms with Gasteiger partial charge in [-0.05, 0) is 48.8 Å². The second-order valence-electron chi connectivity index (χ2n) is 6.38. The van der Waals surface area contributed by atoms with Crippen molar-refractivity contribution in [2.75, 3.05) is 0 Å². The average molecular weight is 272 g/mol. The summed E-state index contributed by atoms with van der Waals surface area (Å²) in [4.78, 5) is 12.0. The number of allylic oxidation sites excluding steroid dienone is 2. The normalized spacial score (nSPS) is 15.4. The lowest BCUT2D eigenvalue weighted by Crippen LogP contribution is -2.37. The van der Waals surface area contributed by atoms with Crippen LogP contribution in [0, 0.1) is 0 Å². The number of hydrazine groups is 1. The van der Waals surface area contributed by atoms with Gasteiger partial charge in [0.1, 0.15) is 0 Å². The maximum absolute atomic E-state index is 12.0. The van der Waals surface area contributed by atoms with E-state index in [9.17, 15) is 4.79 Å². The van der Waals surface area contributed by atoms with Crippen molar-refractivity contribution in [3.05, 3.63) is 47.2 Å². The van der Waals surface area contributed by atoms with E-state index < -0.39 is 0 Å². The Labute approximate surface area is 121 Å². The first kappa shape index (κ1) is 14.6. The van der Waals surface area contributed by atoms with Gasteiger partial charge in [-0.15, -0.1) is 0 Å². The van der Waals surface area contributed by atoms with Gasteiger partial charge in [-0.1, -0.05) is 39.0 Å². The molecule has 0 heterocycles. The topological polar surface area (TPSA) is 41.1 Å². The van der Waals surface area contributed by atoms with Gasteiger partial charge < -0.3 is 5.43 Å². The second kappa shape index (κ2) is 6.12. The quantitative estimate of drug-likeness (QED) is 0.824. The van der Waals surface area contributed by atoms with Crippen LogP contribution in [0.4, 0.5) is 0 Å². The van der Waals surface area contributed by atoms with E-state index in [1.807, 2.05) is 24.3 Å². The van der Waals surface area contributed by atoms with Crippen LogP contribution in [-0.4, -0.2) is 5.91 Å². The lowest BCUT2D eigenvalue weighted by Gasteiger charge is -2.19. The minimum atomic E-state index is -0.0862. The van der Waals surface area contributed by atoms with E-state index >= 15 is 0 Å². The number of amides is 1. The molecule has 0 aromatic heterocycles. The minimum Gasteiger partial charge on any atom is -0.303 e. The number of benzene rings is 1. The van der Waals surface area contributed by atoms with E-state index in [2.05, 4.69) is 37.7 Å². The fraction of sp³-hybridized carbons (Fsp3) is 0.471. The smallest absolute Gasteiger partial charge is 0.269 e. The summed E-state index contributed by atoms with van der Waals surface area (Å²) >= 11 is 0. The fourth-order valence-corrected chi connectivity index (χ4v) is 2.28. The van der Waals surface area contributed by atoms with Crippen LogP contribution in [0.5, 0.6) is 0 Å². The highest BCUT2D eigenvalue weighted by Gasteiger charge is 2.14. The molecule has 0 spiro atoms. The molecule has 0 bridgehead atoms. The minimum absolute atomic E-state index is 0.0862. The third kappa shape index (κ3) is 3.86. The summed E-state index contributed by atoms with van der Waals surface area (Å²) in [6.45, 7) is 6.50. The van der Waals surface area contributed by atoms with Gasteiger partial charge in [-0.3, -0.25) is 10.2 Å². The Bertz CT molecular complexity index is 495. The first-order valence-electron chi connectivity index (χ1n) is 7.33. The molecule has 1 aromatic rings. The third-order valence-electron chi connectivity index (χ3n) is 3.64. The molecular weight excluding hydrogens is 248 g/mol. The lowest BCUT2D eigenvalue weighted by atomic mass is 9.87.